The molecule has 0 heterocycles. The van der Waals surface area contributed by atoms with Gasteiger partial charge in [-0.1, -0.05) is 6.07 Å². The zero-order chi connectivity index (χ0) is 17.0. The van der Waals surface area contributed by atoms with Crippen molar-refractivity contribution in [3.63, 3.8) is 0 Å². The Kier molecular flexibility index (Phi) is 4.85. The maximum Gasteiger partial charge on any atom is 0.163 e. The van der Waals surface area contributed by atoms with E-state index in [1.165, 1.54) is 30.3 Å². The van der Waals surface area contributed by atoms with Gasteiger partial charge in [0.15, 0.2) is 28.8 Å². The van der Waals surface area contributed by atoms with Crippen molar-refractivity contribution in [2.45, 2.75) is 19.3 Å². The summed E-state index contributed by atoms with van der Waals surface area (Å²) in [6.45, 7) is 0. The Balaban J connectivity index is 1.91. The molecule has 6 heteroatoms. The van der Waals surface area contributed by atoms with Crippen molar-refractivity contribution in [3.8, 4) is 23.0 Å². The molecule has 0 aliphatic rings. The molecule has 0 bridgehead atoms. The summed E-state index contributed by atoms with van der Waals surface area (Å²) in [6, 6.07) is 7.85. The topological polar surface area (TPSA) is 115 Å². The quantitative estimate of drug-likeness (QED) is 0.480. The predicted molar refractivity (Wildman–Crippen MR) is 81.8 cm³/mol. The molecule has 2 rings (SSSR count). The largest absolute Gasteiger partial charge is 0.504 e. The van der Waals surface area contributed by atoms with Crippen LogP contribution in [0.4, 0.5) is 0 Å². The number of benzene rings is 2. The first kappa shape index (κ1) is 16.4. The number of carbonyl (C=O) groups is 2. The van der Waals surface area contributed by atoms with Crippen molar-refractivity contribution < 1.29 is 30.0 Å². The molecule has 0 aliphatic heterocycles. The molecule has 0 radical (unpaired) electrons. The molecule has 0 fully saturated rings. The second-order valence-electron chi connectivity index (χ2n) is 5.17. The molecule has 23 heavy (non-hydrogen) atoms. The van der Waals surface area contributed by atoms with E-state index in [9.17, 15) is 30.0 Å². The van der Waals surface area contributed by atoms with Gasteiger partial charge in [-0.3, -0.25) is 9.59 Å². The Morgan fingerprint density at radius 3 is 1.96 bits per heavy atom. The first-order valence-electron chi connectivity index (χ1n) is 6.94. The van der Waals surface area contributed by atoms with Crippen molar-refractivity contribution in [3.05, 3.63) is 47.5 Å². The average molecular weight is 316 g/mol. The Morgan fingerprint density at radius 1 is 0.739 bits per heavy atom. The van der Waals surface area contributed by atoms with E-state index in [1.54, 1.807) is 0 Å². The Labute approximate surface area is 132 Å². The lowest BCUT2D eigenvalue weighted by Crippen LogP contribution is -2.07. The molecule has 2 aromatic rings. The molecule has 0 saturated carbocycles. The molecular weight excluding hydrogens is 300 g/mol. The van der Waals surface area contributed by atoms with E-state index >= 15 is 0 Å². The summed E-state index contributed by atoms with van der Waals surface area (Å²) < 4.78 is 0. The molecule has 0 aliphatic carbocycles. The van der Waals surface area contributed by atoms with Gasteiger partial charge in [-0.15, -0.1) is 0 Å². The van der Waals surface area contributed by atoms with Gasteiger partial charge in [0, 0.05) is 24.8 Å². The first-order valence-corrected chi connectivity index (χ1v) is 6.94. The summed E-state index contributed by atoms with van der Waals surface area (Å²) in [5, 5.41) is 37.1. The van der Waals surface area contributed by atoms with Crippen LogP contribution in [0.25, 0.3) is 0 Å². The van der Waals surface area contributed by atoms with Crippen LogP contribution in [0.3, 0.4) is 0 Å². The fraction of sp³-hybridized carbons (Fsp3) is 0.176. The highest BCUT2D eigenvalue weighted by molar-refractivity contribution is 5.98. The molecule has 120 valence electrons. The second-order valence-corrected chi connectivity index (χ2v) is 5.17. The van der Waals surface area contributed by atoms with Crippen molar-refractivity contribution >= 4 is 11.6 Å². The average Bonchev–Trinajstić information content (AvgIpc) is 2.51. The summed E-state index contributed by atoms with van der Waals surface area (Å²) in [6.07, 6.45) is 0.0389. The third-order valence-electron chi connectivity index (χ3n) is 3.37. The van der Waals surface area contributed by atoms with Crippen LogP contribution in [0.15, 0.2) is 36.4 Å². The van der Waals surface area contributed by atoms with Crippen LogP contribution in [0.5, 0.6) is 23.0 Å². The summed E-state index contributed by atoms with van der Waals surface area (Å²) in [7, 11) is 0. The van der Waals surface area contributed by atoms with Crippen LogP contribution in [0, 0.1) is 0 Å². The maximum absolute atomic E-state index is 11.9. The smallest absolute Gasteiger partial charge is 0.163 e. The van der Waals surface area contributed by atoms with E-state index in [4.69, 9.17) is 0 Å². The van der Waals surface area contributed by atoms with Crippen molar-refractivity contribution in [1.82, 2.24) is 0 Å². The molecule has 0 amide bonds. The highest BCUT2D eigenvalue weighted by Crippen LogP contribution is 2.26. The van der Waals surface area contributed by atoms with Gasteiger partial charge in [0.05, 0.1) is 0 Å². The molecule has 0 aromatic heterocycles. The van der Waals surface area contributed by atoms with Gasteiger partial charge in [0.1, 0.15) is 5.78 Å². The maximum atomic E-state index is 11.9. The molecule has 0 unspecified atom stereocenters. The summed E-state index contributed by atoms with van der Waals surface area (Å²) in [5.41, 5.74) is 0.760. The van der Waals surface area contributed by atoms with Crippen LogP contribution in [-0.4, -0.2) is 32.0 Å². The molecule has 0 atom stereocenters. The molecule has 0 spiro atoms. The fourth-order valence-corrected chi connectivity index (χ4v) is 2.09. The number of rotatable bonds is 6. The fourth-order valence-electron chi connectivity index (χ4n) is 2.09. The molecular formula is C17H16O6. The van der Waals surface area contributed by atoms with E-state index in [-0.39, 0.29) is 59.4 Å². The first-order chi connectivity index (χ1) is 10.9. The van der Waals surface area contributed by atoms with Gasteiger partial charge in [-0.25, -0.2) is 0 Å². The van der Waals surface area contributed by atoms with Crippen LogP contribution in [0.1, 0.15) is 28.8 Å². The minimum atomic E-state index is -0.387. The van der Waals surface area contributed by atoms with Gasteiger partial charge >= 0.3 is 0 Å². The SMILES string of the molecule is O=C(CCC(=O)c1ccc(O)c(O)c1)Cc1ccc(O)c(O)c1. The lowest BCUT2D eigenvalue weighted by molar-refractivity contribution is -0.118. The Morgan fingerprint density at radius 2 is 1.35 bits per heavy atom. The third kappa shape index (κ3) is 4.23. The van der Waals surface area contributed by atoms with Crippen molar-refractivity contribution in [2.24, 2.45) is 0 Å². The minimum Gasteiger partial charge on any atom is -0.504 e. The normalized spacial score (nSPS) is 10.4. The highest BCUT2D eigenvalue weighted by atomic mass is 16.3. The third-order valence-corrected chi connectivity index (χ3v) is 3.37. The molecule has 0 saturated heterocycles. The van der Waals surface area contributed by atoms with E-state index < -0.39 is 0 Å². The molecule has 2 aromatic carbocycles. The minimum absolute atomic E-state index is 0.0160. The Bertz CT molecular complexity index is 751. The van der Waals surface area contributed by atoms with E-state index in [0.29, 0.717) is 5.56 Å². The number of aromatic hydroxyl groups is 4. The number of phenols is 4. The molecule has 6 nitrogen and oxygen atoms in total. The van der Waals surface area contributed by atoms with Gasteiger partial charge in [0.2, 0.25) is 0 Å². The van der Waals surface area contributed by atoms with Gasteiger partial charge in [-0.05, 0) is 35.9 Å². The van der Waals surface area contributed by atoms with Crippen molar-refractivity contribution in [2.75, 3.05) is 0 Å². The predicted octanol–water partition coefficient (Wildman–Crippen LogP) is 2.28. The number of hydrogen-bond donors (Lipinski definition) is 4. The highest BCUT2D eigenvalue weighted by Gasteiger charge is 2.12. The standard InChI is InChI=1S/C17H16O6/c18-12(7-10-1-4-14(20)16(22)8-10)3-6-13(19)11-2-5-15(21)17(23)9-11/h1-2,4-5,8-9,20-23H,3,6-7H2. The lowest BCUT2D eigenvalue weighted by atomic mass is 10.0. The summed E-state index contributed by atoms with van der Waals surface area (Å²) >= 11 is 0. The number of phenolic OH excluding ortho intramolecular Hbond substituents is 4. The van der Waals surface area contributed by atoms with E-state index in [1.807, 2.05) is 0 Å². The number of ketones is 2. The van der Waals surface area contributed by atoms with Crippen LogP contribution < -0.4 is 0 Å². The monoisotopic (exact) mass is 316 g/mol. The number of hydrogen-bond acceptors (Lipinski definition) is 6. The van der Waals surface area contributed by atoms with Crippen molar-refractivity contribution in [1.29, 1.82) is 0 Å². The van der Waals surface area contributed by atoms with E-state index in [0.717, 1.165) is 6.07 Å². The second kappa shape index (κ2) is 6.83. The Hall–Kier alpha value is -3.02. The van der Waals surface area contributed by atoms with Gasteiger partial charge in [0.25, 0.3) is 0 Å². The summed E-state index contributed by atoms with van der Waals surface area (Å²) in [4.78, 5) is 23.8. The number of Topliss-reactive ketones (excluding diaryl/α,β-unsaturated/α-hetero) is 2. The zero-order valence-electron chi connectivity index (χ0n) is 12.2. The van der Waals surface area contributed by atoms with Gasteiger partial charge in [-0.2, -0.15) is 0 Å². The van der Waals surface area contributed by atoms with Crippen LogP contribution in [-0.2, 0) is 11.2 Å². The lowest BCUT2D eigenvalue weighted by Gasteiger charge is -2.05. The summed E-state index contributed by atoms with van der Waals surface area (Å²) in [5.74, 6) is -1.77. The molecule has 4 N–H and O–H groups in total. The van der Waals surface area contributed by atoms with Gasteiger partial charge < -0.3 is 20.4 Å². The number of carbonyl (C=O) groups excluding carboxylic acids is 2. The van der Waals surface area contributed by atoms with Crippen LogP contribution in [0.2, 0.25) is 0 Å². The van der Waals surface area contributed by atoms with E-state index in [2.05, 4.69) is 0 Å². The van der Waals surface area contributed by atoms with Crippen LogP contribution >= 0.6 is 0 Å². The zero-order valence-corrected chi connectivity index (χ0v) is 12.2.